The van der Waals surface area contributed by atoms with Gasteiger partial charge in [-0.25, -0.2) is 0 Å². The Hall–Kier alpha value is -7.42. The number of nitrogens with zero attached hydrogens (tertiary/aromatic N) is 2. The highest BCUT2D eigenvalue weighted by Gasteiger charge is 2.36. The summed E-state index contributed by atoms with van der Waals surface area (Å²) in [6, 6.07) is 78.3. The largest absolute Gasteiger partial charge is 0.310 e. The van der Waals surface area contributed by atoms with Crippen molar-refractivity contribution < 1.29 is 0 Å². The highest BCUT2D eigenvalue weighted by molar-refractivity contribution is 6.14. The Morgan fingerprint density at radius 1 is 0.397 bits per heavy atom. The molecule has 1 aliphatic carbocycles. The maximum absolute atomic E-state index is 2.49. The molecule has 0 unspecified atom stereocenters. The highest BCUT2D eigenvalue weighted by Crippen LogP contribution is 2.52. The van der Waals surface area contributed by atoms with Gasteiger partial charge in [0.1, 0.15) is 0 Å². The Labute approximate surface area is 371 Å². The lowest BCUT2D eigenvalue weighted by atomic mass is 9.81. The van der Waals surface area contributed by atoms with Crippen LogP contribution >= 0.6 is 0 Å². The SMILES string of the molecule is CC(C)(C)c1ccc(-c2cccc3c4ccccc4n(-c4ccccc4-c4ccc(N(c5ccccc5)c5ccc6c(c5)C(C)(C)c5cc(-c7ccccc7)ccc5-6)cc4)c23)cc1. The molecule has 1 aromatic heterocycles. The number of hydrogen-bond donors (Lipinski definition) is 0. The van der Waals surface area contributed by atoms with Crippen LogP contribution in [0.1, 0.15) is 51.3 Å². The fraction of sp³-hybridized carbons (Fsp3) is 0.115. The maximum atomic E-state index is 2.49. The Bertz CT molecular complexity index is 3310. The van der Waals surface area contributed by atoms with Crippen LogP contribution in [0, 0.1) is 0 Å². The first-order chi connectivity index (χ1) is 30.6. The van der Waals surface area contributed by atoms with E-state index >= 15 is 0 Å². The summed E-state index contributed by atoms with van der Waals surface area (Å²) in [4.78, 5) is 2.40. The van der Waals surface area contributed by atoms with Crippen LogP contribution in [0.25, 0.3) is 72.0 Å². The molecule has 9 aromatic carbocycles. The lowest BCUT2D eigenvalue weighted by Crippen LogP contribution is -2.16. The lowest BCUT2D eigenvalue weighted by molar-refractivity contribution is 0.590. The van der Waals surface area contributed by atoms with Crippen molar-refractivity contribution in [2.45, 2.75) is 45.4 Å². The second kappa shape index (κ2) is 14.9. The second-order valence-corrected chi connectivity index (χ2v) is 18.6. The van der Waals surface area contributed by atoms with Crippen LogP contribution in [0.3, 0.4) is 0 Å². The molecule has 0 fully saturated rings. The monoisotopic (exact) mass is 810 g/mol. The number of hydrogen-bond acceptors (Lipinski definition) is 1. The van der Waals surface area contributed by atoms with Gasteiger partial charge in [0.2, 0.25) is 0 Å². The summed E-state index contributed by atoms with van der Waals surface area (Å²) in [5.74, 6) is 0. The third-order valence-corrected chi connectivity index (χ3v) is 13.4. The van der Waals surface area contributed by atoms with Gasteiger partial charge in [-0.3, -0.25) is 0 Å². The minimum atomic E-state index is -0.163. The van der Waals surface area contributed by atoms with E-state index in [-0.39, 0.29) is 10.8 Å². The Balaban J connectivity index is 1.01. The van der Waals surface area contributed by atoms with Gasteiger partial charge >= 0.3 is 0 Å². The minimum absolute atomic E-state index is 0.0877. The van der Waals surface area contributed by atoms with Gasteiger partial charge in [0, 0.05) is 44.4 Å². The van der Waals surface area contributed by atoms with E-state index in [4.69, 9.17) is 0 Å². The van der Waals surface area contributed by atoms with Crippen LogP contribution in [-0.2, 0) is 10.8 Å². The molecule has 0 atom stereocenters. The summed E-state index contributed by atoms with van der Waals surface area (Å²) in [5.41, 5.74) is 20.9. The fourth-order valence-corrected chi connectivity index (χ4v) is 10.1. The van der Waals surface area contributed by atoms with Gasteiger partial charge in [0.15, 0.2) is 0 Å². The molecule has 0 saturated carbocycles. The third-order valence-electron chi connectivity index (χ3n) is 13.4. The van der Waals surface area contributed by atoms with E-state index < -0.39 is 0 Å². The van der Waals surface area contributed by atoms with Crippen molar-refractivity contribution in [1.82, 2.24) is 4.57 Å². The number of aromatic nitrogens is 1. The van der Waals surface area contributed by atoms with Crippen LogP contribution in [0.5, 0.6) is 0 Å². The average molecular weight is 811 g/mol. The summed E-state index contributed by atoms with van der Waals surface area (Å²) in [6.45, 7) is 11.6. The van der Waals surface area contributed by atoms with Crippen molar-refractivity contribution in [3.8, 4) is 50.2 Å². The molecule has 0 radical (unpaired) electrons. The predicted octanol–water partition coefficient (Wildman–Crippen LogP) is 16.9. The molecule has 0 spiro atoms. The van der Waals surface area contributed by atoms with Crippen LogP contribution in [0.4, 0.5) is 17.1 Å². The normalized spacial score (nSPS) is 13.0. The molecule has 1 aliphatic rings. The Morgan fingerprint density at radius 3 is 1.68 bits per heavy atom. The molecule has 0 saturated heterocycles. The molecule has 0 N–H and O–H groups in total. The van der Waals surface area contributed by atoms with Crippen LogP contribution in [0.2, 0.25) is 0 Å². The van der Waals surface area contributed by atoms with Crippen molar-refractivity contribution in [2.75, 3.05) is 4.90 Å². The van der Waals surface area contributed by atoms with E-state index in [9.17, 15) is 0 Å². The highest BCUT2D eigenvalue weighted by atomic mass is 15.1. The molecular formula is C61H50N2. The van der Waals surface area contributed by atoms with Gasteiger partial charge in [0.05, 0.1) is 16.7 Å². The van der Waals surface area contributed by atoms with Gasteiger partial charge in [-0.05, 0) is 110 Å². The third kappa shape index (κ3) is 6.48. The standard InChI is InChI=1S/C61H50N2/c1-60(2,3)45-32-27-43(28-33-45)50-23-16-24-54-53-22-13-15-26-58(53)63(59(50)54)57-25-14-12-21-49(57)42-29-34-47(35-30-42)62(46-19-10-7-11-20-46)48-36-38-52-51-37-31-44(41-17-8-6-9-18-41)39-55(51)61(4,5)56(52)40-48/h6-40H,1-5H3. The van der Waals surface area contributed by atoms with Crippen molar-refractivity contribution in [3.05, 3.63) is 229 Å². The van der Waals surface area contributed by atoms with E-state index in [0.29, 0.717) is 0 Å². The summed E-state index contributed by atoms with van der Waals surface area (Å²) in [7, 11) is 0. The van der Waals surface area contributed by atoms with Crippen molar-refractivity contribution >= 4 is 38.9 Å². The van der Waals surface area contributed by atoms with E-state index in [1.54, 1.807) is 0 Å². The molecule has 0 amide bonds. The molecule has 2 heteroatoms. The minimum Gasteiger partial charge on any atom is -0.310 e. The molecule has 304 valence electrons. The maximum Gasteiger partial charge on any atom is 0.0619 e. The molecule has 1 heterocycles. The van der Waals surface area contributed by atoms with Gasteiger partial charge in [-0.1, -0.05) is 192 Å². The summed E-state index contributed by atoms with van der Waals surface area (Å²) in [6.07, 6.45) is 0. The van der Waals surface area contributed by atoms with E-state index in [1.165, 1.54) is 83.0 Å². The molecular weight excluding hydrogens is 761 g/mol. The van der Waals surface area contributed by atoms with Crippen LogP contribution in [0.15, 0.2) is 212 Å². The van der Waals surface area contributed by atoms with E-state index in [1.807, 2.05) is 0 Å². The van der Waals surface area contributed by atoms with Gasteiger partial charge in [0.25, 0.3) is 0 Å². The predicted molar refractivity (Wildman–Crippen MR) is 268 cm³/mol. The Morgan fingerprint density at radius 2 is 0.937 bits per heavy atom. The lowest BCUT2D eigenvalue weighted by Gasteiger charge is -2.28. The first-order valence-corrected chi connectivity index (χ1v) is 22.2. The van der Waals surface area contributed by atoms with Crippen molar-refractivity contribution in [2.24, 2.45) is 0 Å². The topological polar surface area (TPSA) is 8.17 Å². The van der Waals surface area contributed by atoms with Crippen molar-refractivity contribution in [1.29, 1.82) is 0 Å². The quantitative estimate of drug-likeness (QED) is 0.156. The van der Waals surface area contributed by atoms with Gasteiger partial charge in [-0.15, -0.1) is 0 Å². The summed E-state index contributed by atoms with van der Waals surface area (Å²) < 4.78 is 2.49. The fourth-order valence-electron chi connectivity index (χ4n) is 10.1. The number of para-hydroxylation sites is 4. The number of anilines is 3. The second-order valence-electron chi connectivity index (χ2n) is 18.6. The smallest absolute Gasteiger partial charge is 0.0619 e. The summed E-state index contributed by atoms with van der Waals surface area (Å²) in [5, 5.41) is 2.51. The van der Waals surface area contributed by atoms with Crippen molar-refractivity contribution in [3.63, 3.8) is 0 Å². The average Bonchev–Trinajstić information content (AvgIpc) is 3.77. The first-order valence-electron chi connectivity index (χ1n) is 22.2. The zero-order valence-corrected chi connectivity index (χ0v) is 36.6. The van der Waals surface area contributed by atoms with Gasteiger partial charge in [-0.2, -0.15) is 0 Å². The number of rotatable bonds is 7. The van der Waals surface area contributed by atoms with Gasteiger partial charge < -0.3 is 9.47 Å². The Kier molecular flexibility index (Phi) is 9.10. The molecule has 11 rings (SSSR count). The van der Waals surface area contributed by atoms with Crippen LogP contribution in [-0.4, -0.2) is 4.57 Å². The molecule has 0 aliphatic heterocycles. The molecule has 10 aromatic rings. The molecule has 63 heavy (non-hydrogen) atoms. The summed E-state index contributed by atoms with van der Waals surface area (Å²) >= 11 is 0. The molecule has 0 bridgehead atoms. The zero-order chi connectivity index (χ0) is 42.9. The van der Waals surface area contributed by atoms with E-state index in [2.05, 4.69) is 256 Å². The number of fused-ring (bicyclic) bond motifs is 6. The number of benzene rings is 9. The zero-order valence-electron chi connectivity index (χ0n) is 36.6. The first kappa shape index (κ1) is 38.5. The molecule has 2 nitrogen and oxygen atoms in total. The van der Waals surface area contributed by atoms with E-state index in [0.717, 1.165) is 22.7 Å². The van der Waals surface area contributed by atoms with Crippen LogP contribution < -0.4 is 4.90 Å².